The fourth-order valence-electron chi connectivity index (χ4n) is 1.96. The van der Waals surface area contributed by atoms with Crippen molar-refractivity contribution < 1.29 is 14.7 Å². The lowest BCUT2D eigenvalue weighted by Crippen LogP contribution is -2.30. The Bertz CT molecular complexity index is 478. The highest BCUT2D eigenvalue weighted by Gasteiger charge is 2.15. The molecule has 0 aliphatic rings. The molecule has 0 saturated carbocycles. The van der Waals surface area contributed by atoms with Crippen LogP contribution in [0.2, 0.25) is 0 Å². The van der Waals surface area contributed by atoms with Crippen LogP contribution in [-0.2, 0) is 22.6 Å². The predicted molar refractivity (Wildman–Crippen MR) is 70.9 cm³/mol. The van der Waals surface area contributed by atoms with Crippen LogP contribution in [0.1, 0.15) is 37.2 Å². The summed E-state index contributed by atoms with van der Waals surface area (Å²) < 4.78 is 1.70. The first-order chi connectivity index (χ1) is 8.81. The lowest BCUT2D eigenvalue weighted by Gasteiger charge is -2.09. The molecule has 6 nitrogen and oxygen atoms in total. The number of carboxylic acids is 1. The van der Waals surface area contributed by atoms with E-state index in [1.165, 1.54) is 0 Å². The zero-order valence-electron chi connectivity index (χ0n) is 11.9. The molecule has 0 aliphatic heterocycles. The molecule has 1 rings (SSSR count). The third-order valence-corrected chi connectivity index (χ3v) is 2.86. The van der Waals surface area contributed by atoms with E-state index < -0.39 is 5.97 Å². The van der Waals surface area contributed by atoms with Gasteiger partial charge in [-0.2, -0.15) is 5.10 Å². The summed E-state index contributed by atoms with van der Waals surface area (Å²) in [5.41, 5.74) is 2.26. The molecule has 2 N–H and O–H groups in total. The van der Waals surface area contributed by atoms with E-state index in [0.717, 1.165) is 11.3 Å². The average molecular weight is 267 g/mol. The third-order valence-electron chi connectivity index (χ3n) is 2.86. The van der Waals surface area contributed by atoms with Crippen LogP contribution in [0.25, 0.3) is 0 Å². The smallest absolute Gasteiger partial charge is 0.307 e. The van der Waals surface area contributed by atoms with Gasteiger partial charge in [0.1, 0.15) is 0 Å². The highest BCUT2D eigenvalue weighted by molar-refractivity contribution is 5.76. The van der Waals surface area contributed by atoms with Gasteiger partial charge in [-0.1, -0.05) is 0 Å². The number of carboxylic acid groups (broad SMARTS) is 1. The van der Waals surface area contributed by atoms with Crippen LogP contribution >= 0.6 is 0 Å². The minimum Gasteiger partial charge on any atom is -0.481 e. The standard InChI is InChI=1S/C13H21N3O3/c1-8(2)14-12(17)5-6-16-10(4)11(7-13(18)19)9(3)15-16/h8H,5-7H2,1-4H3,(H,14,17)(H,18,19). The number of hydrogen-bond donors (Lipinski definition) is 2. The molecular formula is C13H21N3O3. The largest absolute Gasteiger partial charge is 0.481 e. The molecule has 1 amide bonds. The predicted octanol–water partition coefficient (Wildman–Crippen LogP) is 1.04. The number of carbonyl (C=O) groups is 2. The number of carbonyl (C=O) groups excluding carboxylic acids is 1. The third kappa shape index (κ3) is 4.39. The SMILES string of the molecule is Cc1nn(CCC(=O)NC(C)C)c(C)c1CC(=O)O. The lowest BCUT2D eigenvalue weighted by molar-refractivity contribution is -0.136. The van der Waals surface area contributed by atoms with Crippen LogP contribution in [0, 0.1) is 13.8 Å². The fraction of sp³-hybridized carbons (Fsp3) is 0.615. The molecule has 0 unspecified atom stereocenters. The van der Waals surface area contributed by atoms with Gasteiger partial charge in [-0.05, 0) is 27.7 Å². The Morgan fingerprint density at radius 3 is 2.53 bits per heavy atom. The van der Waals surface area contributed by atoms with Gasteiger partial charge in [0.05, 0.1) is 12.1 Å². The maximum Gasteiger partial charge on any atom is 0.307 e. The second-order valence-electron chi connectivity index (χ2n) is 4.92. The molecule has 1 aromatic rings. The molecule has 0 spiro atoms. The van der Waals surface area contributed by atoms with Gasteiger partial charge in [-0.25, -0.2) is 0 Å². The summed E-state index contributed by atoms with van der Waals surface area (Å²) in [6, 6.07) is 0.121. The van der Waals surface area contributed by atoms with Crippen molar-refractivity contribution in [1.82, 2.24) is 15.1 Å². The Morgan fingerprint density at radius 1 is 1.37 bits per heavy atom. The van der Waals surface area contributed by atoms with Gasteiger partial charge in [0.25, 0.3) is 0 Å². The van der Waals surface area contributed by atoms with Crippen LogP contribution in [0.3, 0.4) is 0 Å². The van der Waals surface area contributed by atoms with Crippen molar-refractivity contribution in [1.29, 1.82) is 0 Å². The van der Waals surface area contributed by atoms with Gasteiger partial charge < -0.3 is 10.4 Å². The van der Waals surface area contributed by atoms with Gasteiger partial charge in [0.2, 0.25) is 5.91 Å². The van der Waals surface area contributed by atoms with Gasteiger partial charge in [-0.15, -0.1) is 0 Å². The maximum atomic E-state index is 11.6. The number of nitrogens with zero attached hydrogens (tertiary/aromatic N) is 2. The second kappa shape index (κ2) is 6.36. The molecule has 0 saturated heterocycles. The van der Waals surface area contributed by atoms with Crippen molar-refractivity contribution in [2.24, 2.45) is 0 Å². The van der Waals surface area contributed by atoms with Crippen molar-refractivity contribution in [3.05, 3.63) is 17.0 Å². The molecule has 1 aromatic heterocycles. The summed E-state index contributed by atoms with van der Waals surface area (Å²) in [6.45, 7) is 7.90. The van der Waals surface area contributed by atoms with Crippen molar-refractivity contribution in [3.8, 4) is 0 Å². The molecule has 6 heteroatoms. The first kappa shape index (κ1) is 15.2. The maximum absolute atomic E-state index is 11.6. The Morgan fingerprint density at radius 2 is 2.00 bits per heavy atom. The average Bonchev–Trinajstić information content (AvgIpc) is 2.52. The number of amides is 1. The second-order valence-corrected chi connectivity index (χ2v) is 4.92. The molecule has 0 aliphatic carbocycles. The molecule has 0 aromatic carbocycles. The van der Waals surface area contributed by atoms with E-state index in [-0.39, 0.29) is 18.4 Å². The van der Waals surface area contributed by atoms with Crippen LogP contribution in [0.5, 0.6) is 0 Å². The Balaban J connectivity index is 2.70. The first-order valence-corrected chi connectivity index (χ1v) is 6.35. The zero-order valence-corrected chi connectivity index (χ0v) is 11.9. The van der Waals surface area contributed by atoms with E-state index in [9.17, 15) is 9.59 Å². The molecular weight excluding hydrogens is 246 g/mol. The number of aromatic nitrogens is 2. The minimum absolute atomic E-state index is 0.0256. The Labute approximate surface area is 112 Å². The first-order valence-electron chi connectivity index (χ1n) is 6.35. The van der Waals surface area contributed by atoms with E-state index in [2.05, 4.69) is 10.4 Å². The molecule has 1 heterocycles. The van der Waals surface area contributed by atoms with E-state index in [1.54, 1.807) is 11.6 Å². The number of aryl methyl sites for hydroxylation is 2. The molecule has 0 radical (unpaired) electrons. The van der Waals surface area contributed by atoms with Crippen molar-refractivity contribution in [2.45, 2.75) is 53.1 Å². The monoisotopic (exact) mass is 267 g/mol. The highest BCUT2D eigenvalue weighted by Crippen LogP contribution is 2.14. The summed E-state index contributed by atoms with van der Waals surface area (Å²) in [5.74, 6) is -0.898. The quantitative estimate of drug-likeness (QED) is 0.806. The Kier molecular flexibility index (Phi) is 5.09. The Hall–Kier alpha value is -1.85. The summed E-state index contributed by atoms with van der Waals surface area (Å²) in [6.07, 6.45) is 0.308. The zero-order chi connectivity index (χ0) is 14.6. The van der Waals surface area contributed by atoms with Crippen molar-refractivity contribution >= 4 is 11.9 Å². The number of aliphatic carboxylic acids is 1. The van der Waals surface area contributed by atoms with Gasteiger partial charge in [0.15, 0.2) is 0 Å². The van der Waals surface area contributed by atoms with Crippen LogP contribution in [-0.4, -0.2) is 32.8 Å². The van der Waals surface area contributed by atoms with E-state index >= 15 is 0 Å². The summed E-state index contributed by atoms with van der Waals surface area (Å²) in [5, 5.41) is 15.9. The topological polar surface area (TPSA) is 84.2 Å². The van der Waals surface area contributed by atoms with Crippen molar-refractivity contribution in [2.75, 3.05) is 0 Å². The summed E-state index contributed by atoms with van der Waals surface area (Å²) >= 11 is 0. The lowest BCUT2D eigenvalue weighted by atomic mass is 10.1. The number of rotatable bonds is 6. The van der Waals surface area contributed by atoms with E-state index in [4.69, 9.17) is 5.11 Å². The highest BCUT2D eigenvalue weighted by atomic mass is 16.4. The van der Waals surface area contributed by atoms with E-state index in [0.29, 0.717) is 18.7 Å². The van der Waals surface area contributed by atoms with Crippen LogP contribution in [0.4, 0.5) is 0 Å². The normalized spacial score (nSPS) is 10.8. The molecule has 0 fully saturated rings. The van der Waals surface area contributed by atoms with Crippen molar-refractivity contribution in [3.63, 3.8) is 0 Å². The summed E-state index contributed by atoms with van der Waals surface area (Å²) in [4.78, 5) is 22.3. The summed E-state index contributed by atoms with van der Waals surface area (Å²) in [7, 11) is 0. The number of hydrogen-bond acceptors (Lipinski definition) is 3. The van der Waals surface area contributed by atoms with Crippen LogP contribution < -0.4 is 5.32 Å². The van der Waals surface area contributed by atoms with Gasteiger partial charge in [0, 0.05) is 30.3 Å². The number of nitrogens with one attached hydrogen (secondary N) is 1. The van der Waals surface area contributed by atoms with Gasteiger partial charge >= 0.3 is 5.97 Å². The van der Waals surface area contributed by atoms with E-state index in [1.807, 2.05) is 20.8 Å². The fourth-order valence-corrected chi connectivity index (χ4v) is 1.96. The molecule has 0 bridgehead atoms. The van der Waals surface area contributed by atoms with Gasteiger partial charge in [-0.3, -0.25) is 14.3 Å². The molecule has 19 heavy (non-hydrogen) atoms. The minimum atomic E-state index is -0.872. The molecule has 0 atom stereocenters. The molecule has 106 valence electrons. The van der Waals surface area contributed by atoms with Crippen LogP contribution in [0.15, 0.2) is 0 Å².